The van der Waals surface area contributed by atoms with Gasteiger partial charge in [-0.2, -0.15) is 0 Å². The molecule has 0 radical (unpaired) electrons. The summed E-state index contributed by atoms with van der Waals surface area (Å²) in [6.45, 7) is 11.3. The third kappa shape index (κ3) is 5.31. The van der Waals surface area contributed by atoms with Crippen molar-refractivity contribution in [2.75, 3.05) is 53.6 Å². The van der Waals surface area contributed by atoms with Crippen LogP contribution >= 0.6 is 0 Å². The molecule has 8 heteroatoms. The number of carboxylic acid groups (broad SMARTS) is 1. The molecular formula is C23H36N2O6. The number of benzene rings is 1. The first-order chi connectivity index (χ1) is 14.6. The van der Waals surface area contributed by atoms with Crippen LogP contribution in [0.5, 0.6) is 11.5 Å². The molecule has 0 spiro atoms. The molecule has 0 amide bonds. The van der Waals surface area contributed by atoms with Crippen molar-refractivity contribution in [2.24, 2.45) is 0 Å². The summed E-state index contributed by atoms with van der Waals surface area (Å²) < 4.78 is 23.2. The van der Waals surface area contributed by atoms with Crippen molar-refractivity contribution >= 4 is 5.97 Å². The zero-order valence-electron chi connectivity index (χ0n) is 19.5. The predicted molar refractivity (Wildman–Crippen MR) is 117 cm³/mol. The van der Waals surface area contributed by atoms with Crippen molar-refractivity contribution in [3.05, 3.63) is 23.8 Å². The summed E-state index contributed by atoms with van der Waals surface area (Å²) in [5.74, 6) is 0.361. The molecule has 0 aromatic heterocycles. The van der Waals surface area contributed by atoms with Crippen LogP contribution in [0.25, 0.3) is 0 Å². The second-order valence-corrected chi connectivity index (χ2v) is 9.46. The van der Waals surface area contributed by atoms with Crippen LogP contribution in [0.3, 0.4) is 0 Å². The molecule has 1 aromatic rings. The topological polar surface area (TPSA) is 80.7 Å². The van der Waals surface area contributed by atoms with E-state index in [1.54, 1.807) is 14.2 Å². The Kier molecular flexibility index (Phi) is 7.15. The first kappa shape index (κ1) is 23.8. The zero-order valence-corrected chi connectivity index (χ0v) is 19.5. The van der Waals surface area contributed by atoms with E-state index in [2.05, 4.69) is 4.90 Å². The lowest BCUT2D eigenvalue weighted by Gasteiger charge is -2.48. The third-order valence-corrected chi connectivity index (χ3v) is 6.01. The van der Waals surface area contributed by atoms with Gasteiger partial charge < -0.3 is 24.1 Å². The van der Waals surface area contributed by atoms with Crippen molar-refractivity contribution in [3.8, 4) is 11.5 Å². The first-order valence-corrected chi connectivity index (χ1v) is 10.8. The Morgan fingerprint density at radius 1 is 0.968 bits per heavy atom. The van der Waals surface area contributed by atoms with E-state index in [9.17, 15) is 9.90 Å². The van der Waals surface area contributed by atoms with Gasteiger partial charge in [-0.15, -0.1) is 0 Å². The molecule has 3 rings (SSSR count). The number of methoxy groups -OCH3 is 2. The molecule has 2 saturated heterocycles. The highest BCUT2D eigenvalue weighted by Gasteiger charge is 2.46. The summed E-state index contributed by atoms with van der Waals surface area (Å²) in [6, 6.07) is 4.29. The van der Waals surface area contributed by atoms with E-state index < -0.39 is 23.7 Å². The van der Waals surface area contributed by atoms with Crippen LogP contribution < -0.4 is 9.47 Å². The number of morpholine rings is 2. The fraction of sp³-hybridized carbons (Fsp3) is 0.696. The average molecular weight is 437 g/mol. The van der Waals surface area contributed by atoms with Crippen LogP contribution in [-0.2, 0) is 14.3 Å². The van der Waals surface area contributed by atoms with E-state index >= 15 is 0 Å². The Balaban J connectivity index is 2.14. The van der Waals surface area contributed by atoms with Crippen LogP contribution in [0.15, 0.2) is 18.2 Å². The predicted octanol–water partition coefficient (Wildman–Crippen LogP) is 2.42. The van der Waals surface area contributed by atoms with Crippen LogP contribution in [0, 0.1) is 0 Å². The highest BCUT2D eigenvalue weighted by atomic mass is 16.5. The van der Waals surface area contributed by atoms with Gasteiger partial charge in [-0.1, -0.05) is 6.07 Å². The minimum Gasteiger partial charge on any atom is -0.496 e. The molecule has 2 fully saturated rings. The molecule has 0 bridgehead atoms. The Morgan fingerprint density at radius 2 is 1.45 bits per heavy atom. The average Bonchev–Trinajstić information content (AvgIpc) is 2.69. The molecule has 2 aliphatic heterocycles. The van der Waals surface area contributed by atoms with E-state index in [1.807, 2.05) is 50.8 Å². The molecule has 1 N–H and O–H groups in total. The van der Waals surface area contributed by atoms with Crippen molar-refractivity contribution in [1.29, 1.82) is 0 Å². The van der Waals surface area contributed by atoms with Gasteiger partial charge in [0.05, 0.1) is 50.2 Å². The molecule has 174 valence electrons. The first-order valence-electron chi connectivity index (χ1n) is 10.8. The lowest BCUT2D eigenvalue weighted by molar-refractivity contribution is -0.161. The molecule has 2 unspecified atom stereocenters. The van der Waals surface area contributed by atoms with Gasteiger partial charge >= 0.3 is 5.97 Å². The number of nitrogens with zero attached hydrogens (tertiary/aromatic N) is 2. The van der Waals surface area contributed by atoms with Crippen molar-refractivity contribution in [2.45, 2.75) is 51.0 Å². The minimum absolute atomic E-state index is 0.390. The second kappa shape index (κ2) is 9.32. The molecule has 2 aliphatic rings. The van der Waals surface area contributed by atoms with Crippen LogP contribution in [0.1, 0.15) is 39.3 Å². The van der Waals surface area contributed by atoms with Gasteiger partial charge in [-0.3, -0.25) is 14.6 Å². The molecule has 1 aromatic carbocycles. The summed E-state index contributed by atoms with van der Waals surface area (Å²) in [4.78, 5) is 17.0. The molecule has 8 nitrogen and oxygen atoms in total. The van der Waals surface area contributed by atoms with Gasteiger partial charge in [0.1, 0.15) is 17.5 Å². The van der Waals surface area contributed by atoms with Crippen molar-refractivity contribution in [3.63, 3.8) is 0 Å². The van der Waals surface area contributed by atoms with Gasteiger partial charge in [0.25, 0.3) is 0 Å². The Morgan fingerprint density at radius 3 is 1.90 bits per heavy atom. The highest BCUT2D eigenvalue weighted by molar-refractivity contribution is 5.75. The van der Waals surface area contributed by atoms with Gasteiger partial charge in [-0.25, -0.2) is 0 Å². The Hall–Kier alpha value is -1.87. The molecular weight excluding hydrogens is 400 g/mol. The van der Waals surface area contributed by atoms with Crippen LogP contribution in [0.4, 0.5) is 0 Å². The summed E-state index contributed by atoms with van der Waals surface area (Å²) in [5, 5.41) is 10.5. The van der Waals surface area contributed by atoms with Gasteiger partial charge in [0.15, 0.2) is 0 Å². The summed E-state index contributed by atoms with van der Waals surface area (Å²) in [6.07, 6.45) is 0. The fourth-order valence-corrected chi connectivity index (χ4v) is 4.78. The lowest BCUT2D eigenvalue weighted by atomic mass is 9.91. The Labute approximate surface area is 185 Å². The standard InChI is InChI=1S/C23H36N2O6/c1-22(2)14-24(10-12-30-22)19(18-16(28-5)8-7-9-17(18)29-6)20(21(26)27)25-11-13-31-23(3,4)15-25/h7-9,19-20H,10-15H2,1-6H3,(H,26,27). The maximum absolute atomic E-state index is 12.8. The largest absolute Gasteiger partial charge is 0.496 e. The van der Waals surface area contributed by atoms with E-state index in [-0.39, 0.29) is 5.60 Å². The SMILES string of the molecule is COc1cccc(OC)c1C(C(C(=O)O)N1CCOC(C)(C)C1)N1CCOC(C)(C)C1. The molecule has 0 saturated carbocycles. The number of hydrogen-bond acceptors (Lipinski definition) is 7. The number of hydrogen-bond donors (Lipinski definition) is 1. The van der Waals surface area contributed by atoms with Crippen LogP contribution in [0.2, 0.25) is 0 Å². The number of ether oxygens (including phenoxy) is 4. The molecule has 2 heterocycles. The summed E-state index contributed by atoms with van der Waals surface area (Å²) in [5.41, 5.74) is -0.0630. The van der Waals surface area contributed by atoms with Gasteiger partial charge in [0.2, 0.25) is 0 Å². The number of carbonyl (C=O) groups is 1. The number of rotatable bonds is 7. The number of carboxylic acids is 1. The van der Waals surface area contributed by atoms with Gasteiger partial charge in [-0.05, 0) is 39.8 Å². The summed E-state index contributed by atoms with van der Waals surface area (Å²) >= 11 is 0. The molecule has 31 heavy (non-hydrogen) atoms. The minimum atomic E-state index is -0.875. The maximum Gasteiger partial charge on any atom is 0.322 e. The smallest absolute Gasteiger partial charge is 0.322 e. The fourth-order valence-electron chi connectivity index (χ4n) is 4.78. The van der Waals surface area contributed by atoms with Gasteiger partial charge in [0, 0.05) is 26.2 Å². The quantitative estimate of drug-likeness (QED) is 0.698. The summed E-state index contributed by atoms with van der Waals surface area (Å²) in [7, 11) is 3.21. The molecule has 0 aliphatic carbocycles. The molecule has 2 atom stereocenters. The lowest BCUT2D eigenvalue weighted by Crippen LogP contribution is -2.60. The van der Waals surface area contributed by atoms with Crippen LogP contribution in [-0.4, -0.2) is 91.7 Å². The normalized spacial score (nSPS) is 23.7. The highest BCUT2D eigenvalue weighted by Crippen LogP contribution is 2.42. The second-order valence-electron chi connectivity index (χ2n) is 9.46. The third-order valence-electron chi connectivity index (χ3n) is 6.01. The monoisotopic (exact) mass is 436 g/mol. The van der Waals surface area contributed by atoms with Crippen molar-refractivity contribution < 1.29 is 28.8 Å². The van der Waals surface area contributed by atoms with E-state index in [1.165, 1.54) is 0 Å². The van der Waals surface area contributed by atoms with E-state index in [0.29, 0.717) is 50.9 Å². The number of aliphatic carboxylic acids is 1. The Bertz CT molecular complexity index is 759. The van der Waals surface area contributed by atoms with Crippen molar-refractivity contribution in [1.82, 2.24) is 9.80 Å². The van der Waals surface area contributed by atoms with E-state index in [0.717, 1.165) is 5.56 Å². The zero-order chi connectivity index (χ0) is 22.8. The van der Waals surface area contributed by atoms with E-state index in [4.69, 9.17) is 18.9 Å². The maximum atomic E-state index is 12.8.